The van der Waals surface area contributed by atoms with Crippen LogP contribution in [0.1, 0.15) is 17.5 Å². The highest BCUT2D eigenvalue weighted by atomic mass is 35.5. The van der Waals surface area contributed by atoms with Crippen molar-refractivity contribution in [2.75, 3.05) is 10.6 Å². The standard InChI is InChI=1S/C22H23Cl2N5O3/c1-10-3-4-14(5-11(10)2)25-20(31)16-9-17(30)27-19-18(16)21(32)29-22(28-19)26-15-7-12(23)6-13(24)8-15/h3-8,16,18-19,22,26,28H,9H2,1-2H3,(H,25,31)(H,27,30)(H,29,32). The predicted octanol–water partition coefficient (Wildman–Crippen LogP) is 2.74. The van der Waals surface area contributed by atoms with Crippen LogP contribution in [0.5, 0.6) is 0 Å². The molecule has 4 unspecified atom stereocenters. The van der Waals surface area contributed by atoms with E-state index in [1.54, 1.807) is 24.3 Å². The molecule has 3 amide bonds. The van der Waals surface area contributed by atoms with Crippen LogP contribution in [0, 0.1) is 25.7 Å². The first kappa shape index (κ1) is 22.4. The molecule has 4 atom stereocenters. The van der Waals surface area contributed by atoms with Crippen molar-refractivity contribution in [1.29, 1.82) is 0 Å². The number of benzene rings is 2. The molecule has 2 aliphatic rings. The zero-order valence-corrected chi connectivity index (χ0v) is 19.0. The van der Waals surface area contributed by atoms with Crippen LogP contribution in [0.4, 0.5) is 11.4 Å². The van der Waals surface area contributed by atoms with Crippen LogP contribution in [-0.4, -0.2) is 30.2 Å². The Hall–Kier alpha value is -2.81. The number of anilines is 2. The van der Waals surface area contributed by atoms with Gasteiger partial charge in [-0.25, -0.2) is 0 Å². The molecule has 0 saturated carbocycles. The summed E-state index contributed by atoms with van der Waals surface area (Å²) in [5.74, 6) is -2.61. The summed E-state index contributed by atoms with van der Waals surface area (Å²) in [4.78, 5) is 38.3. The van der Waals surface area contributed by atoms with Crippen molar-refractivity contribution in [3.8, 4) is 0 Å². The minimum atomic E-state index is -0.815. The lowest BCUT2D eigenvalue weighted by molar-refractivity contribution is -0.144. The van der Waals surface area contributed by atoms with Gasteiger partial charge in [-0.3, -0.25) is 19.7 Å². The summed E-state index contributed by atoms with van der Waals surface area (Å²) in [5, 5.41) is 15.5. The van der Waals surface area contributed by atoms with Crippen molar-refractivity contribution in [3.05, 3.63) is 57.6 Å². The maximum atomic E-state index is 13.0. The minimum Gasteiger partial charge on any atom is -0.353 e. The van der Waals surface area contributed by atoms with Gasteiger partial charge in [-0.05, 0) is 55.3 Å². The van der Waals surface area contributed by atoms with Gasteiger partial charge >= 0.3 is 0 Å². The quantitative estimate of drug-likeness (QED) is 0.466. The van der Waals surface area contributed by atoms with Gasteiger partial charge in [0.2, 0.25) is 17.7 Å². The minimum absolute atomic E-state index is 0.0745. The monoisotopic (exact) mass is 475 g/mol. The molecule has 2 fully saturated rings. The van der Waals surface area contributed by atoms with E-state index in [2.05, 4.69) is 26.6 Å². The number of nitrogens with one attached hydrogen (secondary N) is 5. The average molecular weight is 476 g/mol. The molecular formula is C22H23Cl2N5O3. The zero-order valence-electron chi connectivity index (χ0n) is 17.5. The lowest BCUT2D eigenvalue weighted by Gasteiger charge is -2.43. The van der Waals surface area contributed by atoms with E-state index in [4.69, 9.17) is 23.2 Å². The second-order valence-electron chi connectivity index (χ2n) is 8.08. The van der Waals surface area contributed by atoms with Crippen LogP contribution in [0.15, 0.2) is 36.4 Å². The first-order chi connectivity index (χ1) is 15.2. The third-order valence-corrected chi connectivity index (χ3v) is 6.17. The van der Waals surface area contributed by atoms with E-state index in [1.807, 2.05) is 26.0 Å². The molecule has 0 aromatic heterocycles. The fourth-order valence-corrected chi connectivity index (χ4v) is 4.54. The molecule has 2 aromatic carbocycles. The zero-order chi connectivity index (χ0) is 23.0. The molecule has 8 nitrogen and oxygen atoms in total. The number of amides is 3. The van der Waals surface area contributed by atoms with Gasteiger partial charge in [0.1, 0.15) is 0 Å². The third-order valence-electron chi connectivity index (χ3n) is 5.73. The van der Waals surface area contributed by atoms with Crippen molar-refractivity contribution >= 4 is 52.3 Å². The number of carbonyl (C=O) groups excluding carboxylic acids is 3. The van der Waals surface area contributed by atoms with Crippen LogP contribution in [0.3, 0.4) is 0 Å². The van der Waals surface area contributed by atoms with Crippen molar-refractivity contribution in [1.82, 2.24) is 16.0 Å². The van der Waals surface area contributed by atoms with Crippen molar-refractivity contribution in [3.63, 3.8) is 0 Å². The summed E-state index contributed by atoms with van der Waals surface area (Å²) in [6.45, 7) is 3.94. The summed E-state index contributed by atoms with van der Waals surface area (Å²) >= 11 is 12.1. The topological polar surface area (TPSA) is 111 Å². The molecule has 10 heteroatoms. The first-order valence-corrected chi connectivity index (χ1v) is 10.9. The third kappa shape index (κ3) is 4.82. The van der Waals surface area contributed by atoms with Crippen LogP contribution in [-0.2, 0) is 14.4 Å². The van der Waals surface area contributed by atoms with Crippen molar-refractivity contribution < 1.29 is 14.4 Å². The lowest BCUT2D eigenvalue weighted by Crippen LogP contribution is -2.72. The van der Waals surface area contributed by atoms with Crippen molar-refractivity contribution in [2.45, 2.75) is 32.7 Å². The van der Waals surface area contributed by atoms with Gasteiger partial charge in [0, 0.05) is 27.8 Å². The molecule has 2 aromatic rings. The molecule has 2 heterocycles. The maximum absolute atomic E-state index is 13.0. The van der Waals surface area contributed by atoms with Crippen molar-refractivity contribution in [2.24, 2.45) is 11.8 Å². The summed E-state index contributed by atoms with van der Waals surface area (Å²) < 4.78 is 0. The van der Waals surface area contributed by atoms with E-state index in [0.29, 0.717) is 21.4 Å². The van der Waals surface area contributed by atoms with Crippen LogP contribution in [0.2, 0.25) is 10.0 Å². The highest BCUT2D eigenvalue weighted by molar-refractivity contribution is 6.35. The Morgan fingerprint density at radius 2 is 1.69 bits per heavy atom. The molecule has 0 bridgehead atoms. The highest BCUT2D eigenvalue weighted by Crippen LogP contribution is 2.29. The average Bonchev–Trinajstić information content (AvgIpc) is 2.69. The van der Waals surface area contributed by atoms with Gasteiger partial charge < -0.3 is 21.3 Å². The van der Waals surface area contributed by atoms with E-state index >= 15 is 0 Å². The van der Waals surface area contributed by atoms with Crippen LogP contribution < -0.4 is 26.6 Å². The Kier molecular flexibility index (Phi) is 6.28. The Labute approximate surface area is 195 Å². The van der Waals surface area contributed by atoms with Gasteiger partial charge in [-0.15, -0.1) is 0 Å². The fourth-order valence-electron chi connectivity index (χ4n) is 4.01. The summed E-state index contributed by atoms with van der Waals surface area (Å²) in [5.41, 5.74) is 3.36. The van der Waals surface area contributed by atoms with Gasteiger partial charge in [0.25, 0.3) is 0 Å². The van der Waals surface area contributed by atoms with E-state index in [0.717, 1.165) is 11.1 Å². The molecule has 4 rings (SSSR count). The number of hydrogen-bond acceptors (Lipinski definition) is 5. The normalized spacial score (nSPS) is 24.8. The molecule has 2 saturated heterocycles. The maximum Gasteiger partial charge on any atom is 0.229 e. The summed E-state index contributed by atoms with van der Waals surface area (Å²) in [6, 6.07) is 10.5. The molecule has 0 radical (unpaired) electrons. The molecular weight excluding hydrogens is 453 g/mol. The Bertz CT molecular complexity index is 1070. The SMILES string of the molecule is Cc1ccc(NC(=O)C2CC(=O)NC3NC(Nc4cc(Cl)cc(Cl)c4)NC(=O)C32)cc1C. The van der Waals surface area contributed by atoms with Crippen LogP contribution in [0.25, 0.3) is 0 Å². The molecule has 0 spiro atoms. The smallest absolute Gasteiger partial charge is 0.229 e. The fraction of sp³-hybridized carbons (Fsp3) is 0.318. The molecule has 2 aliphatic heterocycles. The Morgan fingerprint density at radius 1 is 0.969 bits per heavy atom. The van der Waals surface area contributed by atoms with Gasteiger partial charge in [0.15, 0.2) is 6.29 Å². The molecule has 0 aliphatic carbocycles. The number of piperidine rings is 1. The molecule has 168 valence electrons. The van der Waals surface area contributed by atoms with Crippen LogP contribution >= 0.6 is 23.2 Å². The summed E-state index contributed by atoms with van der Waals surface area (Å²) in [7, 11) is 0. The van der Waals surface area contributed by atoms with Gasteiger partial charge in [-0.2, -0.15) is 0 Å². The number of aryl methyl sites for hydroxylation is 2. The second kappa shape index (κ2) is 8.97. The number of carbonyl (C=O) groups is 3. The number of fused-ring (bicyclic) bond motifs is 1. The Morgan fingerprint density at radius 3 is 2.38 bits per heavy atom. The first-order valence-electron chi connectivity index (χ1n) is 10.2. The number of rotatable bonds is 4. The Balaban J connectivity index is 1.49. The molecule has 5 N–H and O–H groups in total. The predicted molar refractivity (Wildman–Crippen MR) is 123 cm³/mol. The second-order valence-corrected chi connectivity index (χ2v) is 8.95. The van der Waals surface area contributed by atoms with E-state index in [1.165, 1.54) is 0 Å². The van der Waals surface area contributed by atoms with Gasteiger partial charge in [0.05, 0.1) is 18.0 Å². The number of hydrogen-bond donors (Lipinski definition) is 5. The lowest BCUT2D eigenvalue weighted by atomic mass is 9.81. The van der Waals surface area contributed by atoms with E-state index in [-0.39, 0.29) is 24.1 Å². The van der Waals surface area contributed by atoms with E-state index < -0.39 is 24.3 Å². The summed E-state index contributed by atoms with van der Waals surface area (Å²) in [6.07, 6.45) is -1.48. The van der Waals surface area contributed by atoms with Gasteiger partial charge in [-0.1, -0.05) is 29.3 Å². The molecule has 32 heavy (non-hydrogen) atoms. The number of halogens is 2. The highest BCUT2D eigenvalue weighted by Gasteiger charge is 2.48. The van der Waals surface area contributed by atoms with E-state index in [9.17, 15) is 14.4 Å². The largest absolute Gasteiger partial charge is 0.353 e.